The summed E-state index contributed by atoms with van der Waals surface area (Å²) in [6.45, 7) is 1.72. The molecule has 0 unspecified atom stereocenters. The lowest BCUT2D eigenvalue weighted by atomic mass is 10.1. The summed E-state index contributed by atoms with van der Waals surface area (Å²) in [7, 11) is 0. The number of hydrogen-bond acceptors (Lipinski definition) is 3. The first-order valence-corrected chi connectivity index (χ1v) is 6.14. The minimum absolute atomic E-state index is 0.0307. The third kappa shape index (κ3) is 2.12. The molecular weight excluding hydrogens is 256 g/mol. The number of carbonyl (C=O) groups is 1. The summed E-state index contributed by atoms with van der Waals surface area (Å²) in [6.07, 6.45) is 0. The van der Waals surface area contributed by atoms with E-state index in [1.807, 2.05) is 30.3 Å². The average Bonchev–Trinajstić information content (AvgIpc) is 2.77. The summed E-state index contributed by atoms with van der Waals surface area (Å²) in [6, 6.07) is 14.7. The van der Waals surface area contributed by atoms with Crippen molar-refractivity contribution in [1.82, 2.24) is 0 Å². The zero-order valence-electron chi connectivity index (χ0n) is 10.8. The molecule has 0 bridgehead atoms. The van der Waals surface area contributed by atoms with E-state index >= 15 is 0 Å². The molecule has 0 amide bonds. The molecule has 0 atom stereocenters. The van der Waals surface area contributed by atoms with E-state index < -0.39 is 5.97 Å². The molecule has 0 fully saturated rings. The number of carboxylic acid groups (broad SMARTS) is 1. The lowest BCUT2D eigenvalue weighted by molar-refractivity contribution is 0.0664. The van der Waals surface area contributed by atoms with E-state index in [2.05, 4.69) is 0 Å². The molecule has 0 spiro atoms. The van der Waals surface area contributed by atoms with Gasteiger partial charge in [-0.1, -0.05) is 18.2 Å². The van der Waals surface area contributed by atoms with E-state index in [1.165, 1.54) is 0 Å². The average molecular weight is 268 g/mol. The van der Waals surface area contributed by atoms with Gasteiger partial charge in [0.05, 0.1) is 0 Å². The van der Waals surface area contributed by atoms with Gasteiger partial charge >= 0.3 is 5.97 Å². The highest BCUT2D eigenvalue weighted by atomic mass is 16.5. The number of aryl methyl sites for hydroxylation is 1. The van der Waals surface area contributed by atoms with E-state index in [4.69, 9.17) is 14.3 Å². The Labute approximate surface area is 115 Å². The summed E-state index contributed by atoms with van der Waals surface area (Å²) in [5.41, 5.74) is 1.14. The van der Waals surface area contributed by atoms with Crippen LogP contribution in [0.3, 0.4) is 0 Å². The van der Waals surface area contributed by atoms with E-state index in [-0.39, 0.29) is 5.76 Å². The fourth-order valence-corrected chi connectivity index (χ4v) is 2.09. The van der Waals surface area contributed by atoms with Crippen LogP contribution in [-0.2, 0) is 0 Å². The van der Waals surface area contributed by atoms with Crippen LogP contribution in [0.1, 0.15) is 16.1 Å². The number of carboxylic acids is 1. The summed E-state index contributed by atoms with van der Waals surface area (Å²) >= 11 is 0. The molecule has 1 heterocycles. The minimum atomic E-state index is -1.07. The molecule has 20 heavy (non-hydrogen) atoms. The maximum atomic E-state index is 11.0. The van der Waals surface area contributed by atoms with Gasteiger partial charge in [-0.3, -0.25) is 0 Å². The van der Waals surface area contributed by atoms with Crippen molar-refractivity contribution in [1.29, 1.82) is 0 Å². The second kappa shape index (κ2) is 4.74. The Morgan fingerprint density at radius 2 is 1.85 bits per heavy atom. The molecule has 3 aromatic rings. The van der Waals surface area contributed by atoms with Crippen molar-refractivity contribution in [3.63, 3.8) is 0 Å². The van der Waals surface area contributed by atoms with Gasteiger partial charge in [0.15, 0.2) is 0 Å². The van der Waals surface area contributed by atoms with Gasteiger partial charge in [-0.05, 0) is 37.3 Å². The summed E-state index contributed by atoms with van der Waals surface area (Å²) < 4.78 is 11.0. The lowest BCUT2D eigenvalue weighted by Crippen LogP contribution is -1.95. The smallest absolute Gasteiger partial charge is 0.372 e. The molecule has 0 saturated heterocycles. The second-order valence-electron chi connectivity index (χ2n) is 4.43. The zero-order valence-corrected chi connectivity index (χ0v) is 10.8. The van der Waals surface area contributed by atoms with Crippen molar-refractivity contribution < 1.29 is 19.1 Å². The highest BCUT2D eigenvalue weighted by Crippen LogP contribution is 2.30. The summed E-state index contributed by atoms with van der Waals surface area (Å²) in [5.74, 6) is 0.275. The third-order valence-electron chi connectivity index (χ3n) is 3.08. The molecular formula is C16H12O4. The normalized spacial score (nSPS) is 10.7. The molecule has 4 heteroatoms. The molecule has 1 aromatic heterocycles. The Balaban J connectivity index is 2.02. The number of fused-ring (bicyclic) bond motifs is 1. The zero-order chi connectivity index (χ0) is 14.1. The van der Waals surface area contributed by atoms with Crippen molar-refractivity contribution >= 4 is 16.9 Å². The van der Waals surface area contributed by atoms with Crippen LogP contribution in [0.4, 0.5) is 0 Å². The van der Waals surface area contributed by atoms with Crippen molar-refractivity contribution in [3.8, 4) is 11.5 Å². The van der Waals surface area contributed by atoms with Crippen LogP contribution in [-0.4, -0.2) is 11.1 Å². The topological polar surface area (TPSA) is 59.7 Å². The van der Waals surface area contributed by atoms with Crippen LogP contribution in [0, 0.1) is 6.92 Å². The quantitative estimate of drug-likeness (QED) is 0.772. The predicted octanol–water partition coefficient (Wildman–Crippen LogP) is 4.23. The first kappa shape index (κ1) is 12.3. The first-order chi connectivity index (χ1) is 9.65. The molecule has 0 aliphatic heterocycles. The molecule has 4 nitrogen and oxygen atoms in total. The van der Waals surface area contributed by atoms with Gasteiger partial charge in [0.2, 0.25) is 5.76 Å². The minimum Gasteiger partial charge on any atom is -0.475 e. The first-order valence-electron chi connectivity index (χ1n) is 6.14. The van der Waals surface area contributed by atoms with Gasteiger partial charge in [-0.25, -0.2) is 4.79 Å². The number of rotatable bonds is 3. The van der Waals surface area contributed by atoms with Gasteiger partial charge in [0, 0.05) is 10.9 Å². The van der Waals surface area contributed by atoms with Gasteiger partial charge in [-0.2, -0.15) is 0 Å². The Kier molecular flexibility index (Phi) is 2.91. The van der Waals surface area contributed by atoms with E-state index in [0.29, 0.717) is 16.9 Å². The van der Waals surface area contributed by atoms with Gasteiger partial charge in [-0.15, -0.1) is 0 Å². The van der Waals surface area contributed by atoms with Crippen LogP contribution in [0.25, 0.3) is 11.0 Å². The molecule has 0 saturated carbocycles. The summed E-state index contributed by atoms with van der Waals surface area (Å²) in [5, 5.41) is 9.79. The maximum absolute atomic E-state index is 11.0. The third-order valence-corrected chi connectivity index (χ3v) is 3.08. The Morgan fingerprint density at radius 1 is 1.10 bits per heavy atom. The fraction of sp³-hybridized carbons (Fsp3) is 0.0625. The second-order valence-corrected chi connectivity index (χ2v) is 4.43. The number of aromatic carboxylic acids is 1. The Morgan fingerprint density at radius 3 is 2.55 bits per heavy atom. The molecule has 1 N–H and O–H groups in total. The molecule has 100 valence electrons. The molecule has 0 aliphatic rings. The van der Waals surface area contributed by atoms with E-state index in [0.717, 1.165) is 11.1 Å². The van der Waals surface area contributed by atoms with Crippen LogP contribution < -0.4 is 4.74 Å². The number of benzene rings is 2. The predicted molar refractivity (Wildman–Crippen MR) is 74.4 cm³/mol. The van der Waals surface area contributed by atoms with E-state index in [1.54, 1.807) is 25.1 Å². The maximum Gasteiger partial charge on any atom is 0.372 e. The lowest BCUT2D eigenvalue weighted by Gasteiger charge is -2.05. The van der Waals surface area contributed by atoms with E-state index in [9.17, 15) is 4.79 Å². The highest BCUT2D eigenvalue weighted by Gasteiger charge is 2.16. The molecule has 0 aliphatic carbocycles. The van der Waals surface area contributed by atoms with Gasteiger partial charge in [0.25, 0.3) is 0 Å². The van der Waals surface area contributed by atoms with Gasteiger partial charge in [0.1, 0.15) is 17.1 Å². The van der Waals surface area contributed by atoms with Crippen molar-refractivity contribution in [3.05, 3.63) is 59.9 Å². The fourth-order valence-electron chi connectivity index (χ4n) is 2.09. The Hall–Kier alpha value is -2.75. The SMILES string of the molecule is Cc1c(C(=O)O)oc2ccc(Oc3ccccc3)cc12. The largest absolute Gasteiger partial charge is 0.475 e. The summed E-state index contributed by atoms with van der Waals surface area (Å²) in [4.78, 5) is 11.0. The number of furan rings is 1. The number of hydrogen-bond donors (Lipinski definition) is 1. The molecule has 0 radical (unpaired) electrons. The molecule has 3 rings (SSSR count). The van der Waals surface area contributed by atoms with Crippen LogP contribution >= 0.6 is 0 Å². The van der Waals surface area contributed by atoms with Crippen LogP contribution in [0.5, 0.6) is 11.5 Å². The highest BCUT2D eigenvalue weighted by molar-refractivity contribution is 5.95. The monoisotopic (exact) mass is 268 g/mol. The van der Waals surface area contributed by atoms with Crippen molar-refractivity contribution in [2.24, 2.45) is 0 Å². The van der Waals surface area contributed by atoms with Gasteiger partial charge < -0.3 is 14.3 Å². The van der Waals surface area contributed by atoms with Crippen LogP contribution in [0.2, 0.25) is 0 Å². The van der Waals surface area contributed by atoms with Crippen molar-refractivity contribution in [2.75, 3.05) is 0 Å². The standard InChI is InChI=1S/C16H12O4/c1-10-13-9-12(19-11-5-3-2-4-6-11)7-8-14(13)20-15(10)16(17)18/h2-9H,1H3,(H,17,18). The van der Waals surface area contributed by atoms with Crippen molar-refractivity contribution in [2.45, 2.75) is 6.92 Å². The molecule has 2 aromatic carbocycles. The number of ether oxygens (including phenoxy) is 1. The number of para-hydroxylation sites is 1. The Bertz CT molecular complexity index is 772. The van der Waals surface area contributed by atoms with Crippen LogP contribution in [0.15, 0.2) is 52.9 Å².